The number of hydrogen-bond donors (Lipinski definition) is 5. The Morgan fingerprint density at radius 2 is 1.25 bits per heavy atom. The number of aliphatic hydroxyl groups excluding tert-OH is 5. The molecule has 0 aromatic rings. The molecule has 188 valence electrons. The maximum atomic E-state index is 11.7. The maximum Gasteiger partial charge on any atom is 0.345 e. The zero-order valence-corrected chi connectivity index (χ0v) is 19.5. The van der Waals surface area contributed by atoms with Crippen molar-refractivity contribution in [2.75, 3.05) is 6.61 Å². The Morgan fingerprint density at radius 3 is 1.78 bits per heavy atom. The van der Waals surface area contributed by atoms with E-state index in [2.05, 4.69) is 23.8 Å². The van der Waals surface area contributed by atoms with Crippen LogP contribution in [0.4, 0.5) is 0 Å². The van der Waals surface area contributed by atoms with Gasteiger partial charge >= 0.3 is 11.9 Å². The predicted octanol–water partition coefficient (Wildman–Crippen LogP) is 2.53. The molecule has 0 aliphatic carbocycles. The minimum atomic E-state index is -2.21. The first-order chi connectivity index (χ1) is 15.3. The summed E-state index contributed by atoms with van der Waals surface area (Å²) in [5.74, 6) is -2.25. The number of carbonyl (C=O) groups excluding carboxylic acids is 2. The monoisotopic (exact) mass is 460 g/mol. The van der Waals surface area contributed by atoms with Crippen LogP contribution in [-0.2, 0) is 14.3 Å². The molecule has 0 radical (unpaired) electrons. The topological polar surface area (TPSA) is 145 Å². The second-order valence-electron chi connectivity index (χ2n) is 8.30. The summed E-state index contributed by atoms with van der Waals surface area (Å²) in [5, 5.41) is 46.6. The number of aliphatic hydroxyl groups is 5. The largest absolute Gasteiger partial charge is 0.394 e. The van der Waals surface area contributed by atoms with Crippen LogP contribution in [0, 0.1) is 0 Å². The minimum absolute atomic E-state index is 0.0114. The molecule has 0 aromatic carbocycles. The molecule has 0 rings (SSSR count). The zero-order chi connectivity index (χ0) is 24.2. The third-order valence-corrected chi connectivity index (χ3v) is 5.35. The molecule has 0 saturated heterocycles. The summed E-state index contributed by atoms with van der Waals surface area (Å²) in [4.78, 5) is 23.3. The average molecular weight is 461 g/mol. The van der Waals surface area contributed by atoms with Crippen molar-refractivity contribution in [3.8, 4) is 0 Å². The lowest BCUT2D eigenvalue weighted by Crippen LogP contribution is -2.49. The molecule has 5 N–H and O–H groups in total. The summed E-state index contributed by atoms with van der Waals surface area (Å²) < 4.78 is 4.45. The van der Waals surface area contributed by atoms with Crippen LogP contribution in [0.5, 0.6) is 0 Å². The van der Waals surface area contributed by atoms with Gasteiger partial charge in [0.1, 0.15) is 18.3 Å². The van der Waals surface area contributed by atoms with E-state index in [9.17, 15) is 30.0 Å². The Morgan fingerprint density at radius 1 is 0.750 bits per heavy atom. The number of hydrogen-bond acceptors (Lipinski definition) is 8. The molecular formula is C24H44O8. The molecule has 4 atom stereocenters. The molecule has 0 spiro atoms. The standard InChI is InChI=1S/C24H44O8/c1-2-3-4-5-6-7-8-9-10-11-12-13-14-15-16-17-20(27)32-24(31)23(30)22(29)21(28)19(26)18-25/h12-13,19,21-23,25-26,28-30H,2-11,14-18H2,1H3/t19-,21-,22+,23-/m1/s1. The molecule has 0 fully saturated rings. The molecule has 0 heterocycles. The molecule has 0 unspecified atom stereocenters. The van der Waals surface area contributed by atoms with Gasteiger partial charge < -0.3 is 30.3 Å². The Balaban J connectivity index is 3.73. The van der Waals surface area contributed by atoms with E-state index in [1.807, 2.05) is 0 Å². The van der Waals surface area contributed by atoms with E-state index >= 15 is 0 Å². The fraction of sp³-hybridized carbons (Fsp3) is 0.833. The molecule has 0 amide bonds. The van der Waals surface area contributed by atoms with Crippen LogP contribution >= 0.6 is 0 Å². The third-order valence-electron chi connectivity index (χ3n) is 5.35. The first kappa shape index (κ1) is 30.7. The van der Waals surface area contributed by atoms with Gasteiger partial charge in [0.25, 0.3) is 0 Å². The summed E-state index contributed by atoms with van der Waals surface area (Å²) in [6, 6.07) is 0. The second-order valence-corrected chi connectivity index (χ2v) is 8.30. The van der Waals surface area contributed by atoms with Gasteiger partial charge in [0.2, 0.25) is 0 Å². The fourth-order valence-electron chi connectivity index (χ4n) is 3.23. The average Bonchev–Trinajstić information content (AvgIpc) is 2.79. The maximum absolute atomic E-state index is 11.7. The number of carbonyl (C=O) groups is 2. The van der Waals surface area contributed by atoms with Crippen LogP contribution < -0.4 is 0 Å². The van der Waals surface area contributed by atoms with E-state index in [1.165, 1.54) is 57.8 Å². The van der Waals surface area contributed by atoms with Crippen molar-refractivity contribution < 1.29 is 39.9 Å². The number of allylic oxidation sites excluding steroid dienone is 2. The van der Waals surface area contributed by atoms with Crippen LogP contribution in [-0.4, -0.2) is 68.5 Å². The van der Waals surface area contributed by atoms with E-state index in [0.29, 0.717) is 6.42 Å². The van der Waals surface area contributed by atoms with Gasteiger partial charge in [0.15, 0.2) is 6.10 Å². The van der Waals surface area contributed by atoms with Crippen LogP contribution in [0.2, 0.25) is 0 Å². The van der Waals surface area contributed by atoms with Crippen LogP contribution in [0.3, 0.4) is 0 Å². The lowest BCUT2D eigenvalue weighted by molar-refractivity contribution is -0.176. The predicted molar refractivity (Wildman–Crippen MR) is 122 cm³/mol. The van der Waals surface area contributed by atoms with Crippen LogP contribution in [0.1, 0.15) is 96.8 Å². The summed E-state index contributed by atoms with van der Waals surface area (Å²) in [5.41, 5.74) is 0. The molecule has 32 heavy (non-hydrogen) atoms. The number of rotatable bonds is 20. The molecule has 0 saturated carbocycles. The highest BCUT2D eigenvalue weighted by Gasteiger charge is 2.35. The third kappa shape index (κ3) is 15.5. The number of esters is 2. The van der Waals surface area contributed by atoms with E-state index in [0.717, 1.165) is 19.3 Å². The van der Waals surface area contributed by atoms with Gasteiger partial charge in [-0.3, -0.25) is 4.79 Å². The van der Waals surface area contributed by atoms with Crippen molar-refractivity contribution >= 4 is 11.9 Å². The molecule has 0 aliphatic rings. The molecular weight excluding hydrogens is 416 g/mol. The summed E-state index contributed by atoms with van der Waals surface area (Å²) in [7, 11) is 0. The highest BCUT2D eigenvalue weighted by molar-refractivity contribution is 5.88. The van der Waals surface area contributed by atoms with Crippen molar-refractivity contribution in [2.45, 2.75) is 121 Å². The van der Waals surface area contributed by atoms with Crippen molar-refractivity contribution in [2.24, 2.45) is 0 Å². The minimum Gasteiger partial charge on any atom is -0.394 e. The number of ether oxygens (including phenoxy) is 1. The molecule has 8 nitrogen and oxygen atoms in total. The van der Waals surface area contributed by atoms with Gasteiger partial charge in [-0.05, 0) is 32.1 Å². The molecule has 0 bridgehead atoms. The summed E-state index contributed by atoms with van der Waals surface area (Å²) in [6.45, 7) is 1.36. The lowest BCUT2D eigenvalue weighted by atomic mass is 10.0. The van der Waals surface area contributed by atoms with Gasteiger partial charge in [-0.1, -0.05) is 70.4 Å². The highest BCUT2D eigenvalue weighted by Crippen LogP contribution is 2.11. The molecule has 0 aliphatic heterocycles. The van der Waals surface area contributed by atoms with Crippen molar-refractivity contribution in [1.82, 2.24) is 0 Å². The Labute approximate surface area is 192 Å². The van der Waals surface area contributed by atoms with Gasteiger partial charge in [-0.25, -0.2) is 4.79 Å². The van der Waals surface area contributed by atoms with Crippen molar-refractivity contribution in [1.29, 1.82) is 0 Å². The first-order valence-electron chi connectivity index (χ1n) is 12.1. The number of unbranched alkanes of at least 4 members (excludes halogenated alkanes) is 11. The summed E-state index contributed by atoms with van der Waals surface area (Å²) in [6.07, 6.45) is 11.2. The van der Waals surface area contributed by atoms with Gasteiger partial charge in [-0.2, -0.15) is 0 Å². The van der Waals surface area contributed by atoms with E-state index in [1.54, 1.807) is 0 Å². The highest BCUT2D eigenvalue weighted by atomic mass is 16.6. The lowest BCUT2D eigenvalue weighted by Gasteiger charge is -2.24. The SMILES string of the molecule is CCCCCCCCCCCC=CCCCCC(=O)OC(=O)[C@H](O)[C@@H](O)[C@H](O)[C@H](O)CO. The Hall–Kier alpha value is -1.32. The first-order valence-corrected chi connectivity index (χ1v) is 12.1. The smallest absolute Gasteiger partial charge is 0.345 e. The quantitative estimate of drug-likeness (QED) is 0.0807. The van der Waals surface area contributed by atoms with Gasteiger partial charge in [0.05, 0.1) is 6.61 Å². The van der Waals surface area contributed by atoms with E-state index in [-0.39, 0.29) is 6.42 Å². The normalized spacial score (nSPS) is 15.4. The van der Waals surface area contributed by atoms with Gasteiger partial charge in [-0.15, -0.1) is 0 Å². The Bertz CT molecular complexity index is 508. The van der Waals surface area contributed by atoms with Crippen molar-refractivity contribution in [3.05, 3.63) is 12.2 Å². The fourth-order valence-corrected chi connectivity index (χ4v) is 3.23. The molecule has 0 aromatic heterocycles. The summed E-state index contributed by atoms with van der Waals surface area (Å²) >= 11 is 0. The van der Waals surface area contributed by atoms with Gasteiger partial charge in [0, 0.05) is 6.42 Å². The van der Waals surface area contributed by atoms with Crippen LogP contribution in [0.15, 0.2) is 12.2 Å². The second kappa shape index (κ2) is 20.3. The van der Waals surface area contributed by atoms with E-state index < -0.39 is 43.0 Å². The van der Waals surface area contributed by atoms with Crippen LogP contribution in [0.25, 0.3) is 0 Å². The Kier molecular flexibility index (Phi) is 19.5. The van der Waals surface area contributed by atoms with Crippen molar-refractivity contribution in [3.63, 3.8) is 0 Å². The van der Waals surface area contributed by atoms with E-state index in [4.69, 9.17) is 5.11 Å². The zero-order valence-electron chi connectivity index (χ0n) is 19.5. The molecule has 8 heteroatoms.